The van der Waals surface area contributed by atoms with Crippen molar-refractivity contribution in [1.29, 1.82) is 0 Å². The number of rotatable bonds is 6. The minimum Gasteiger partial charge on any atom is -0.478 e. The predicted octanol–water partition coefficient (Wildman–Crippen LogP) is 3.36. The number of aliphatic hydroxyl groups excluding tert-OH is 1. The summed E-state index contributed by atoms with van der Waals surface area (Å²) < 4.78 is 0. The largest absolute Gasteiger partial charge is 0.478 e. The first-order valence-corrected chi connectivity index (χ1v) is 7.67. The molecular formula is C13H18O3S2. The molecule has 2 unspecified atom stereocenters. The third kappa shape index (κ3) is 3.93. The third-order valence-electron chi connectivity index (χ3n) is 2.49. The highest BCUT2D eigenvalue weighted by Crippen LogP contribution is 2.34. The molecule has 1 aromatic rings. The number of benzene rings is 1. The fourth-order valence-electron chi connectivity index (χ4n) is 1.39. The molecule has 0 amide bonds. The van der Waals surface area contributed by atoms with E-state index in [1.54, 1.807) is 13.0 Å². The quantitative estimate of drug-likeness (QED) is 0.785. The second kappa shape index (κ2) is 7.07. The van der Waals surface area contributed by atoms with Gasteiger partial charge in [-0.3, -0.25) is 0 Å². The molecule has 5 heteroatoms. The fourth-order valence-corrected chi connectivity index (χ4v) is 3.36. The number of thioether (sulfide) groups is 2. The topological polar surface area (TPSA) is 57.5 Å². The molecule has 0 aromatic heterocycles. The van der Waals surface area contributed by atoms with Crippen LogP contribution in [0.3, 0.4) is 0 Å². The van der Waals surface area contributed by atoms with Crippen molar-refractivity contribution in [3.05, 3.63) is 23.8 Å². The van der Waals surface area contributed by atoms with Crippen LogP contribution in [-0.4, -0.2) is 33.3 Å². The molecule has 0 radical (unpaired) electrons. The Morgan fingerprint density at radius 2 is 1.94 bits per heavy atom. The number of hydrogen-bond acceptors (Lipinski definition) is 4. The van der Waals surface area contributed by atoms with E-state index >= 15 is 0 Å². The van der Waals surface area contributed by atoms with Gasteiger partial charge in [0.25, 0.3) is 0 Å². The first kappa shape index (κ1) is 15.4. The van der Waals surface area contributed by atoms with Crippen molar-refractivity contribution in [2.75, 3.05) is 5.75 Å². The number of aromatic carboxylic acids is 1. The van der Waals surface area contributed by atoms with Crippen LogP contribution in [0.25, 0.3) is 0 Å². The molecular weight excluding hydrogens is 268 g/mol. The molecule has 3 nitrogen and oxygen atoms in total. The van der Waals surface area contributed by atoms with Gasteiger partial charge in [-0.1, -0.05) is 19.9 Å². The molecule has 2 N–H and O–H groups in total. The van der Waals surface area contributed by atoms with Gasteiger partial charge < -0.3 is 10.2 Å². The number of hydrogen-bond donors (Lipinski definition) is 2. The fraction of sp³-hybridized carbons (Fsp3) is 0.462. The molecule has 100 valence electrons. The predicted molar refractivity (Wildman–Crippen MR) is 76.8 cm³/mol. The Kier molecular flexibility index (Phi) is 6.05. The summed E-state index contributed by atoms with van der Waals surface area (Å²) >= 11 is 2.93. The average molecular weight is 286 g/mol. The summed E-state index contributed by atoms with van der Waals surface area (Å²) in [6.45, 7) is 5.60. The Labute approximate surface area is 116 Å². The van der Waals surface area contributed by atoms with Gasteiger partial charge in [-0.2, -0.15) is 0 Å². The summed E-state index contributed by atoms with van der Waals surface area (Å²) in [7, 11) is 0. The van der Waals surface area contributed by atoms with Crippen LogP contribution in [0.5, 0.6) is 0 Å². The minimum absolute atomic E-state index is 0.0371. The van der Waals surface area contributed by atoms with Crippen LogP contribution < -0.4 is 0 Å². The van der Waals surface area contributed by atoms with Gasteiger partial charge in [0.05, 0.1) is 11.7 Å². The van der Waals surface area contributed by atoms with Crippen molar-refractivity contribution in [3.63, 3.8) is 0 Å². The Hall–Kier alpha value is -0.650. The lowest BCUT2D eigenvalue weighted by Crippen LogP contribution is -2.15. The maximum absolute atomic E-state index is 11.4. The molecule has 18 heavy (non-hydrogen) atoms. The minimum atomic E-state index is -0.910. The van der Waals surface area contributed by atoms with Gasteiger partial charge in [0.15, 0.2) is 0 Å². The molecule has 0 bridgehead atoms. The highest BCUT2D eigenvalue weighted by Gasteiger charge is 2.19. The molecule has 0 aliphatic heterocycles. The highest BCUT2D eigenvalue weighted by atomic mass is 32.2. The third-order valence-corrected chi connectivity index (χ3v) is 4.79. The van der Waals surface area contributed by atoms with Crippen molar-refractivity contribution in [2.24, 2.45) is 0 Å². The van der Waals surface area contributed by atoms with Crippen molar-refractivity contribution >= 4 is 29.5 Å². The van der Waals surface area contributed by atoms with Crippen LogP contribution in [0.1, 0.15) is 31.1 Å². The summed E-state index contributed by atoms with van der Waals surface area (Å²) in [5.41, 5.74) is 0.349. The number of carboxylic acid groups (broad SMARTS) is 1. The van der Waals surface area contributed by atoms with Crippen LogP contribution in [-0.2, 0) is 0 Å². The smallest absolute Gasteiger partial charge is 0.337 e. The van der Waals surface area contributed by atoms with Crippen LogP contribution >= 0.6 is 23.5 Å². The summed E-state index contributed by atoms with van der Waals surface area (Å²) in [6.07, 6.45) is -0.473. The number of carboxylic acids is 1. The lowest BCUT2D eigenvalue weighted by atomic mass is 10.2. The average Bonchev–Trinajstić information content (AvgIpc) is 2.29. The molecule has 0 heterocycles. The zero-order valence-electron chi connectivity index (χ0n) is 10.7. The molecule has 0 saturated heterocycles. The van der Waals surface area contributed by atoms with Gasteiger partial charge in [0.2, 0.25) is 0 Å². The van der Waals surface area contributed by atoms with Crippen molar-refractivity contribution in [3.8, 4) is 0 Å². The van der Waals surface area contributed by atoms with Crippen LogP contribution in [0, 0.1) is 0 Å². The van der Waals surface area contributed by atoms with E-state index in [9.17, 15) is 15.0 Å². The summed E-state index contributed by atoms with van der Waals surface area (Å²) in [5.74, 6) is -0.0766. The SMILES string of the molecule is CCSc1cccc(SC(C)C(C)O)c1C(=O)O. The van der Waals surface area contributed by atoms with Crippen LogP contribution in [0.15, 0.2) is 28.0 Å². The van der Waals surface area contributed by atoms with E-state index in [-0.39, 0.29) is 5.25 Å². The molecule has 0 aliphatic carbocycles. The van der Waals surface area contributed by atoms with Crippen LogP contribution in [0.4, 0.5) is 0 Å². The van der Waals surface area contributed by atoms with Gasteiger partial charge in [-0.05, 0) is 24.8 Å². The Bertz CT molecular complexity index is 419. The van der Waals surface area contributed by atoms with Crippen molar-refractivity contribution in [2.45, 2.75) is 41.9 Å². The van der Waals surface area contributed by atoms with Gasteiger partial charge >= 0.3 is 5.97 Å². The van der Waals surface area contributed by atoms with E-state index in [0.29, 0.717) is 10.5 Å². The zero-order valence-corrected chi connectivity index (χ0v) is 12.3. The standard InChI is InChI=1S/C13H18O3S2/c1-4-17-10-6-5-7-11(12(10)13(15)16)18-9(3)8(2)14/h5-9,14H,4H2,1-3H3,(H,15,16). The lowest BCUT2D eigenvalue weighted by molar-refractivity contribution is 0.0689. The molecule has 1 aromatic carbocycles. The second-order valence-corrected chi connectivity index (χ2v) is 6.66. The number of carbonyl (C=O) groups is 1. The van der Waals surface area contributed by atoms with Gasteiger partial charge in [-0.15, -0.1) is 23.5 Å². The number of aliphatic hydroxyl groups is 1. The van der Waals surface area contributed by atoms with Crippen LogP contribution in [0.2, 0.25) is 0 Å². The Morgan fingerprint density at radius 1 is 1.33 bits per heavy atom. The first-order valence-electron chi connectivity index (χ1n) is 5.81. The molecule has 2 atom stereocenters. The highest BCUT2D eigenvalue weighted by molar-refractivity contribution is 8.00. The van der Waals surface area contributed by atoms with E-state index in [0.717, 1.165) is 10.6 Å². The maximum atomic E-state index is 11.4. The Morgan fingerprint density at radius 3 is 2.44 bits per heavy atom. The van der Waals surface area contributed by atoms with Gasteiger partial charge in [0.1, 0.15) is 0 Å². The Balaban J connectivity index is 3.10. The molecule has 0 spiro atoms. The molecule has 1 rings (SSSR count). The maximum Gasteiger partial charge on any atom is 0.337 e. The van der Waals surface area contributed by atoms with Gasteiger partial charge in [-0.25, -0.2) is 4.79 Å². The van der Waals surface area contributed by atoms with E-state index in [1.807, 2.05) is 26.0 Å². The van der Waals surface area contributed by atoms with Gasteiger partial charge in [0, 0.05) is 15.0 Å². The van der Waals surface area contributed by atoms with E-state index in [2.05, 4.69) is 0 Å². The van der Waals surface area contributed by atoms with E-state index in [1.165, 1.54) is 23.5 Å². The molecule has 0 saturated carbocycles. The van der Waals surface area contributed by atoms with E-state index in [4.69, 9.17) is 0 Å². The molecule has 0 fully saturated rings. The normalized spacial score (nSPS) is 14.2. The first-order chi connectivity index (χ1) is 8.47. The van der Waals surface area contributed by atoms with Crippen molar-refractivity contribution in [1.82, 2.24) is 0 Å². The van der Waals surface area contributed by atoms with E-state index < -0.39 is 12.1 Å². The zero-order chi connectivity index (χ0) is 13.7. The molecule has 0 aliphatic rings. The summed E-state index contributed by atoms with van der Waals surface area (Å²) in [4.78, 5) is 12.9. The van der Waals surface area contributed by atoms with Crippen molar-refractivity contribution < 1.29 is 15.0 Å². The summed E-state index contributed by atoms with van der Waals surface area (Å²) in [5, 5.41) is 18.8. The summed E-state index contributed by atoms with van der Waals surface area (Å²) in [6, 6.07) is 5.49. The second-order valence-electron chi connectivity index (χ2n) is 3.93. The monoisotopic (exact) mass is 286 g/mol. The lowest BCUT2D eigenvalue weighted by Gasteiger charge is -2.16.